The Morgan fingerprint density at radius 2 is 1.76 bits per heavy atom. The molecule has 0 saturated heterocycles. The quantitative estimate of drug-likeness (QED) is 0.612. The maximum atomic E-state index is 5.62. The number of fused-ring (bicyclic) bond motifs is 3. The van der Waals surface area contributed by atoms with Crippen LogP contribution in [0.3, 0.4) is 0 Å². The molecule has 0 heterocycles. The van der Waals surface area contributed by atoms with E-state index in [0.717, 1.165) is 38.0 Å². The molecular weight excluding hydrogens is 258 g/mol. The normalized spacial score (nSPS) is 27.1. The molecule has 0 aliphatic heterocycles. The summed E-state index contributed by atoms with van der Waals surface area (Å²) in [5.41, 5.74) is 3.16. The summed E-state index contributed by atoms with van der Waals surface area (Å²) in [6.07, 6.45) is 8.13. The minimum Gasteiger partial charge on any atom is -0.380 e. The van der Waals surface area contributed by atoms with Gasteiger partial charge >= 0.3 is 0 Å². The van der Waals surface area contributed by atoms with E-state index in [2.05, 4.69) is 36.2 Å². The number of benzene rings is 1. The van der Waals surface area contributed by atoms with Gasteiger partial charge < -0.3 is 10.1 Å². The highest BCUT2D eigenvalue weighted by atomic mass is 16.5. The van der Waals surface area contributed by atoms with Crippen LogP contribution in [0, 0.1) is 11.8 Å². The van der Waals surface area contributed by atoms with Crippen LogP contribution in [0.25, 0.3) is 0 Å². The molecule has 2 unspecified atom stereocenters. The highest BCUT2D eigenvalue weighted by Gasteiger charge is 2.38. The van der Waals surface area contributed by atoms with Crippen molar-refractivity contribution in [3.63, 3.8) is 0 Å². The third kappa shape index (κ3) is 3.56. The van der Waals surface area contributed by atoms with Crippen molar-refractivity contribution in [2.75, 3.05) is 19.8 Å². The minimum atomic E-state index is 0.681. The van der Waals surface area contributed by atoms with Crippen molar-refractivity contribution in [2.24, 2.45) is 11.8 Å². The van der Waals surface area contributed by atoms with Gasteiger partial charge in [-0.05, 0) is 55.1 Å². The van der Waals surface area contributed by atoms with Crippen LogP contribution in [0.1, 0.15) is 30.4 Å². The van der Waals surface area contributed by atoms with Crippen molar-refractivity contribution in [1.82, 2.24) is 5.32 Å². The van der Waals surface area contributed by atoms with Crippen molar-refractivity contribution in [3.8, 4) is 0 Å². The molecule has 0 amide bonds. The van der Waals surface area contributed by atoms with Gasteiger partial charge in [-0.25, -0.2) is 0 Å². The maximum absolute atomic E-state index is 5.62. The molecule has 2 nitrogen and oxygen atoms in total. The van der Waals surface area contributed by atoms with Gasteiger partial charge in [0.15, 0.2) is 0 Å². The molecule has 0 spiro atoms. The summed E-state index contributed by atoms with van der Waals surface area (Å²) in [5, 5.41) is 3.78. The van der Waals surface area contributed by atoms with Crippen LogP contribution in [0.15, 0.2) is 36.9 Å². The molecule has 2 bridgehead atoms. The predicted octanol–water partition coefficient (Wildman–Crippen LogP) is 3.36. The van der Waals surface area contributed by atoms with Crippen LogP contribution in [0.2, 0.25) is 0 Å². The van der Waals surface area contributed by atoms with Gasteiger partial charge in [0.25, 0.3) is 0 Å². The van der Waals surface area contributed by atoms with E-state index >= 15 is 0 Å². The van der Waals surface area contributed by atoms with Gasteiger partial charge in [-0.15, -0.1) is 6.58 Å². The largest absolute Gasteiger partial charge is 0.380 e. The zero-order chi connectivity index (χ0) is 14.5. The van der Waals surface area contributed by atoms with Crippen LogP contribution in [0.4, 0.5) is 0 Å². The van der Waals surface area contributed by atoms with Crippen LogP contribution >= 0.6 is 0 Å². The van der Waals surface area contributed by atoms with E-state index in [1.807, 2.05) is 6.08 Å². The van der Waals surface area contributed by atoms with Crippen molar-refractivity contribution in [3.05, 3.63) is 48.0 Å². The van der Waals surface area contributed by atoms with Crippen LogP contribution in [-0.2, 0) is 17.6 Å². The van der Waals surface area contributed by atoms with E-state index in [-0.39, 0.29) is 0 Å². The average molecular weight is 285 g/mol. The van der Waals surface area contributed by atoms with Crippen molar-refractivity contribution < 1.29 is 4.74 Å². The zero-order valence-electron chi connectivity index (χ0n) is 12.9. The molecule has 1 N–H and O–H groups in total. The lowest BCUT2D eigenvalue weighted by Gasteiger charge is -2.23. The summed E-state index contributed by atoms with van der Waals surface area (Å²) < 4.78 is 5.62. The van der Waals surface area contributed by atoms with Crippen molar-refractivity contribution in [1.29, 1.82) is 0 Å². The first-order chi connectivity index (χ1) is 10.4. The fourth-order valence-electron chi connectivity index (χ4n) is 4.05. The summed E-state index contributed by atoms with van der Waals surface area (Å²) in [7, 11) is 0. The van der Waals surface area contributed by atoms with Crippen molar-refractivity contribution in [2.45, 2.75) is 38.1 Å². The third-order valence-corrected chi connectivity index (χ3v) is 5.10. The van der Waals surface area contributed by atoms with Gasteiger partial charge in [0, 0.05) is 12.6 Å². The molecule has 0 aromatic heterocycles. The second kappa shape index (κ2) is 7.24. The van der Waals surface area contributed by atoms with E-state index in [1.54, 1.807) is 11.1 Å². The monoisotopic (exact) mass is 285 g/mol. The first kappa shape index (κ1) is 14.8. The standard InChI is InChI=1S/C19H27NO/c1-2-3-11-21-12-10-20-19-17-8-9-18(19)14-16-7-5-4-6-15(16)13-17/h2,4-7,17-20H,1,3,8-14H2. The molecule has 2 aliphatic carbocycles. The maximum Gasteiger partial charge on any atom is 0.0591 e. The van der Waals surface area contributed by atoms with E-state index in [1.165, 1.54) is 25.7 Å². The highest BCUT2D eigenvalue weighted by molar-refractivity contribution is 5.30. The van der Waals surface area contributed by atoms with E-state index in [4.69, 9.17) is 4.74 Å². The first-order valence-corrected chi connectivity index (χ1v) is 8.37. The Kier molecular flexibility index (Phi) is 5.10. The molecule has 1 aromatic carbocycles. The SMILES string of the molecule is C=CCCOCCNC1C2CCC1Cc1ccccc1C2. The van der Waals surface area contributed by atoms with Gasteiger partial charge in [-0.3, -0.25) is 0 Å². The lowest BCUT2D eigenvalue weighted by atomic mass is 9.94. The van der Waals surface area contributed by atoms with Gasteiger partial charge in [0.1, 0.15) is 0 Å². The summed E-state index contributed by atoms with van der Waals surface area (Å²) in [5.74, 6) is 1.62. The minimum absolute atomic E-state index is 0.681. The topological polar surface area (TPSA) is 21.3 Å². The third-order valence-electron chi connectivity index (χ3n) is 5.10. The summed E-state index contributed by atoms with van der Waals surface area (Å²) >= 11 is 0. The molecule has 1 fully saturated rings. The summed E-state index contributed by atoms with van der Waals surface area (Å²) in [6, 6.07) is 9.71. The van der Waals surface area contributed by atoms with Crippen molar-refractivity contribution >= 4 is 0 Å². The molecule has 1 saturated carbocycles. The number of hydrogen-bond acceptors (Lipinski definition) is 2. The average Bonchev–Trinajstić information content (AvgIpc) is 2.77. The smallest absolute Gasteiger partial charge is 0.0591 e. The molecule has 1 aromatic rings. The summed E-state index contributed by atoms with van der Waals surface area (Å²) in [4.78, 5) is 0. The van der Waals surface area contributed by atoms with Gasteiger partial charge in [-0.2, -0.15) is 0 Å². The van der Waals surface area contributed by atoms with E-state index in [0.29, 0.717) is 6.04 Å². The Balaban J connectivity index is 1.52. The number of nitrogens with one attached hydrogen (secondary N) is 1. The van der Waals surface area contributed by atoms with Crippen LogP contribution in [0.5, 0.6) is 0 Å². The Morgan fingerprint density at radius 3 is 2.38 bits per heavy atom. The second-order valence-corrected chi connectivity index (χ2v) is 6.44. The zero-order valence-corrected chi connectivity index (χ0v) is 12.9. The Morgan fingerprint density at radius 1 is 1.10 bits per heavy atom. The molecule has 2 heteroatoms. The van der Waals surface area contributed by atoms with E-state index < -0.39 is 0 Å². The molecule has 114 valence electrons. The predicted molar refractivity (Wildman–Crippen MR) is 87.5 cm³/mol. The number of hydrogen-bond donors (Lipinski definition) is 1. The van der Waals surface area contributed by atoms with Gasteiger partial charge in [0.2, 0.25) is 0 Å². The Bertz CT molecular complexity index is 437. The number of rotatable bonds is 7. The van der Waals surface area contributed by atoms with Crippen LogP contribution < -0.4 is 5.32 Å². The molecule has 21 heavy (non-hydrogen) atoms. The Hall–Kier alpha value is -1.12. The first-order valence-electron chi connectivity index (χ1n) is 8.37. The van der Waals surface area contributed by atoms with Gasteiger partial charge in [-0.1, -0.05) is 30.3 Å². The molecule has 2 aliphatic rings. The second-order valence-electron chi connectivity index (χ2n) is 6.44. The molecular formula is C19H27NO. The van der Waals surface area contributed by atoms with E-state index in [9.17, 15) is 0 Å². The lowest BCUT2D eigenvalue weighted by Crippen LogP contribution is -2.39. The fraction of sp³-hybridized carbons (Fsp3) is 0.579. The fourth-order valence-corrected chi connectivity index (χ4v) is 4.05. The number of ether oxygens (including phenoxy) is 1. The highest BCUT2D eigenvalue weighted by Crippen LogP contribution is 2.39. The van der Waals surface area contributed by atoms with Crippen LogP contribution in [-0.4, -0.2) is 25.8 Å². The Labute approximate surface area is 128 Å². The molecule has 0 radical (unpaired) electrons. The van der Waals surface area contributed by atoms with Gasteiger partial charge in [0.05, 0.1) is 13.2 Å². The molecule has 2 atom stereocenters. The molecule has 3 rings (SSSR count). The summed E-state index contributed by atoms with van der Waals surface area (Å²) in [6.45, 7) is 6.31. The lowest BCUT2D eigenvalue weighted by molar-refractivity contribution is 0.134.